The van der Waals surface area contributed by atoms with E-state index in [1.807, 2.05) is 20.8 Å². The number of carbonyl (C=O) groups is 2. The topological polar surface area (TPSA) is 58.6 Å². The number of piperazine rings is 1. The smallest absolute Gasteiger partial charge is 0.306 e. The van der Waals surface area contributed by atoms with E-state index in [1.165, 1.54) is 0 Å². The van der Waals surface area contributed by atoms with E-state index in [1.54, 1.807) is 0 Å². The van der Waals surface area contributed by atoms with Crippen molar-refractivity contribution >= 4 is 11.9 Å². The Bertz CT molecular complexity index is 547. The lowest BCUT2D eigenvalue weighted by atomic mass is 9.81. The van der Waals surface area contributed by atoms with Crippen molar-refractivity contribution in [3.8, 4) is 0 Å². The maximum Gasteiger partial charge on any atom is 0.306 e. The number of amides is 1. The van der Waals surface area contributed by atoms with Crippen LogP contribution >= 0.6 is 0 Å². The number of nitrogens with one attached hydrogen (secondary N) is 1. The minimum atomic E-state index is -0.416. The maximum atomic E-state index is 13.2. The molecule has 0 bridgehead atoms. The van der Waals surface area contributed by atoms with Crippen LogP contribution in [-0.4, -0.2) is 48.1 Å². The maximum absolute atomic E-state index is 13.2. The summed E-state index contributed by atoms with van der Waals surface area (Å²) in [4.78, 5) is 27.5. The van der Waals surface area contributed by atoms with Crippen molar-refractivity contribution in [2.75, 3.05) is 19.6 Å². The molecule has 2 aliphatic rings. The summed E-state index contributed by atoms with van der Waals surface area (Å²) in [6.45, 7) is 15.0. The minimum absolute atomic E-state index is 0.0791. The van der Waals surface area contributed by atoms with Gasteiger partial charge in [0.25, 0.3) is 0 Å². The van der Waals surface area contributed by atoms with Crippen LogP contribution in [0.3, 0.4) is 0 Å². The Morgan fingerprint density at radius 3 is 2.07 bits per heavy atom. The Kier molecular flexibility index (Phi) is 8.57. The average Bonchev–Trinajstić information content (AvgIpc) is 2.57. The van der Waals surface area contributed by atoms with Crippen LogP contribution in [-0.2, 0) is 14.3 Å². The van der Waals surface area contributed by atoms with Crippen molar-refractivity contribution < 1.29 is 14.3 Å². The minimum Gasteiger partial charge on any atom is -0.460 e. The average molecular weight is 409 g/mol. The number of hydrogen-bond donors (Lipinski definition) is 1. The highest BCUT2D eigenvalue weighted by atomic mass is 16.6. The Hall–Kier alpha value is -1.10. The van der Waals surface area contributed by atoms with Crippen molar-refractivity contribution in [2.45, 2.75) is 105 Å². The van der Waals surface area contributed by atoms with Gasteiger partial charge in [-0.05, 0) is 63.7 Å². The molecule has 168 valence electrons. The molecular formula is C24H44N2O3. The molecule has 5 nitrogen and oxygen atoms in total. The monoisotopic (exact) mass is 408 g/mol. The fourth-order valence-corrected chi connectivity index (χ4v) is 4.79. The van der Waals surface area contributed by atoms with Crippen LogP contribution in [0.15, 0.2) is 0 Å². The van der Waals surface area contributed by atoms with Gasteiger partial charge in [-0.15, -0.1) is 0 Å². The lowest BCUT2D eigenvalue weighted by molar-refractivity contribution is -0.156. The van der Waals surface area contributed by atoms with Crippen molar-refractivity contribution in [2.24, 2.45) is 17.3 Å². The third-order valence-electron chi connectivity index (χ3n) is 6.36. The third-order valence-corrected chi connectivity index (χ3v) is 6.36. The predicted octanol–water partition coefficient (Wildman–Crippen LogP) is 4.54. The summed E-state index contributed by atoms with van der Waals surface area (Å²) in [6.07, 6.45) is 7.80. The fraction of sp³-hybridized carbons (Fsp3) is 0.917. The molecule has 0 aromatic rings. The van der Waals surface area contributed by atoms with E-state index < -0.39 is 5.60 Å². The van der Waals surface area contributed by atoms with Crippen LogP contribution in [0.4, 0.5) is 0 Å². The molecule has 0 aromatic heterocycles. The highest BCUT2D eigenvalue weighted by Crippen LogP contribution is 2.32. The Labute approximate surface area is 178 Å². The van der Waals surface area contributed by atoms with Gasteiger partial charge in [0.2, 0.25) is 5.91 Å². The van der Waals surface area contributed by atoms with Gasteiger partial charge >= 0.3 is 5.97 Å². The normalized spacial score (nSPS) is 27.1. The van der Waals surface area contributed by atoms with Crippen LogP contribution in [0.25, 0.3) is 0 Å². The first-order chi connectivity index (χ1) is 13.5. The Balaban J connectivity index is 1.89. The molecule has 1 amide bonds. The predicted molar refractivity (Wildman–Crippen MR) is 118 cm³/mol. The summed E-state index contributed by atoms with van der Waals surface area (Å²) < 4.78 is 5.52. The van der Waals surface area contributed by atoms with Crippen LogP contribution in [0.5, 0.6) is 0 Å². The molecule has 0 radical (unpaired) electrons. The van der Waals surface area contributed by atoms with E-state index in [0.29, 0.717) is 30.6 Å². The second kappa shape index (κ2) is 10.3. The summed E-state index contributed by atoms with van der Waals surface area (Å²) in [7, 11) is 0. The van der Waals surface area contributed by atoms with Crippen molar-refractivity contribution in [1.29, 1.82) is 0 Å². The lowest BCUT2D eigenvalue weighted by Gasteiger charge is -2.44. The molecule has 29 heavy (non-hydrogen) atoms. The molecular weight excluding hydrogens is 364 g/mol. The summed E-state index contributed by atoms with van der Waals surface area (Å²) in [5, 5.41) is 3.45. The van der Waals surface area contributed by atoms with E-state index in [-0.39, 0.29) is 17.4 Å². The highest BCUT2D eigenvalue weighted by molar-refractivity contribution is 5.77. The molecule has 3 unspecified atom stereocenters. The number of rotatable bonds is 4. The summed E-state index contributed by atoms with van der Waals surface area (Å²) in [5.74, 6) is 1.08. The third kappa shape index (κ3) is 8.27. The number of nitrogens with zero attached hydrogens (tertiary/aromatic N) is 1. The second-order valence-corrected chi connectivity index (χ2v) is 11.3. The van der Waals surface area contributed by atoms with Gasteiger partial charge in [-0.1, -0.05) is 33.6 Å². The molecule has 0 aromatic carbocycles. The van der Waals surface area contributed by atoms with Gasteiger partial charge in [0.1, 0.15) is 5.60 Å². The van der Waals surface area contributed by atoms with Gasteiger partial charge in [0.15, 0.2) is 0 Å². The van der Waals surface area contributed by atoms with Crippen LogP contribution in [0.1, 0.15) is 92.9 Å². The first-order valence-electron chi connectivity index (χ1n) is 11.7. The van der Waals surface area contributed by atoms with E-state index in [0.717, 1.165) is 58.2 Å². The van der Waals surface area contributed by atoms with Gasteiger partial charge in [-0.3, -0.25) is 9.59 Å². The van der Waals surface area contributed by atoms with Gasteiger partial charge in [0, 0.05) is 38.5 Å². The van der Waals surface area contributed by atoms with Gasteiger partial charge in [-0.25, -0.2) is 0 Å². The lowest BCUT2D eigenvalue weighted by Crippen LogP contribution is -2.58. The molecule has 0 spiro atoms. The number of hydrogen-bond acceptors (Lipinski definition) is 4. The van der Waals surface area contributed by atoms with E-state index in [9.17, 15) is 9.59 Å². The highest BCUT2D eigenvalue weighted by Gasteiger charge is 2.35. The SMILES string of the molecule is CC(C)(C)OC(=O)CC1CCCCC(CC(=O)N2CCNCC2C(C)(C)C)CC1. The summed E-state index contributed by atoms with van der Waals surface area (Å²) in [6, 6.07) is 0.261. The molecule has 3 atom stereocenters. The fourth-order valence-electron chi connectivity index (χ4n) is 4.79. The van der Waals surface area contributed by atoms with Crippen molar-refractivity contribution in [1.82, 2.24) is 10.2 Å². The summed E-state index contributed by atoms with van der Waals surface area (Å²) >= 11 is 0. The Morgan fingerprint density at radius 2 is 1.52 bits per heavy atom. The van der Waals surface area contributed by atoms with Crippen LogP contribution in [0, 0.1) is 17.3 Å². The van der Waals surface area contributed by atoms with Crippen molar-refractivity contribution in [3.63, 3.8) is 0 Å². The first-order valence-corrected chi connectivity index (χ1v) is 11.7. The number of ether oxygens (including phenoxy) is 1. The molecule has 1 saturated carbocycles. The van der Waals surface area contributed by atoms with Gasteiger partial charge in [0.05, 0.1) is 0 Å². The van der Waals surface area contributed by atoms with Gasteiger partial charge in [-0.2, -0.15) is 0 Å². The van der Waals surface area contributed by atoms with E-state index in [4.69, 9.17) is 4.74 Å². The van der Waals surface area contributed by atoms with Gasteiger partial charge < -0.3 is 15.0 Å². The van der Waals surface area contributed by atoms with E-state index in [2.05, 4.69) is 31.0 Å². The molecule has 1 aliphatic carbocycles. The first kappa shape index (κ1) is 24.2. The quantitative estimate of drug-likeness (QED) is 0.694. The summed E-state index contributed by atoms with van der Waals surface area (Å²) in [5.41, 5.74) is -0.330. The molecule has 2 rings (SSSR count). The second-order valence-electron chi connectivity index (χ2n) is 11.3. The zero-order valence-corrected chi connectivity index (χ0v) is 19.7. The molecule has 1 saturated heterocycles. The molecule has 1 N–H and O–H groups in total. The zero-order chi connectivity index (χ0) is 21.7. The van der Waals surface area contributed by atoms with Crippen molar-refractivity contribution in [3.05, 3.63) is 0 Å². The standard InChI is InChI=1S/C24H44N2O3/c1-23(2,3)20-17-25-13-14-26(20)21(27)15-18-9-7-8-10-19(12-11-18)16-22(28)29-24(4,5)6/h18-20,25H,7-17H2,1-6H3. The zero-order valence-electron chi connectivity index (χ0n) is 19.7. The number of carbonyl (C=O) groups excluding carboxylic acids is 2. The van der Waals surface area contributed by atoms with E-state index >= 15 is 0 Å². The molecule has 5 heteroatoms. The largest absolute Gasteiger partial charge is 0.460 e. The van der Waals surface area contributed by atoms with Crippen LogP contribution < -0.4 is 5.32 Å². The molecule has 2 fully saturated rings. The Morgan fingerprint density at radius 1 is 0.931 bits per heavy atom. The number of esters is 1. The molecule has 1 heterocycles. The van der Waals surface area contributed by atoms with Crippen LogP contribution in [0.2, 0.25) is 0 Å². The molecule has 1 aliphatic heterocycles.